The average Bonchev–Trinajstić information content (AvgIpc) is 2.86. The van der Waals surface area contributed by atoms with Gasteiger partial charge in [0.1, 0.15) is 6.26 Å². The van der Waals surface area contributed by atoms with E-state index < -0.39 is 0 Å². The van der Waals surface area contributed by atoms with Gasteiger partial charge in [0, 0.05) is 19.5 Å². The molecule has 1 saturated heterocycles. The minimum absolute atomic E-state index is 0.465. The van der Waals surface area contributed by atoms with Crippen LogP contribution in [-0.4, -0.2) is 29.5 Å². The number of aromatic nitrogens is 1. The lowest BCUT2D eigenvalue weighted by Crippen LogP contribution is -2.22. The van der Waals surface area contributed by atoms with E-state index in [1.807, 2.05) is 0 Å². The van der Waals surface area contributed by atoms with E-state index in [0.717, 1.165) is 24.6 Å². The number of rotatable bonds is 4. The van der Waals surface area contributed by atoms with Gasteiger partial charge in [-0.1, -0.05) is 0 Å². The van der Waals surface area contributed by atoms with Gasteiger partial charge in [-0.3, -0.25) is 0 Å². The first-order valence-electron chi connectivity index (χ1n) is 5.24. The predicted octanol–water partition coefficient (Wildman–Crippen LogP) is 0.772. The van der Waals surface area contributed by atoms with Crippen molar-refractivity contribution >= 4 is 0 Å². The fourth-order valence-electron chi connectivity index (χ4n) is 1.82. The molecule has 0 spiro atoms. The SMILES string of the molecule is NCc1coc(CCN2CCCC2)n1. The van der Waals surface area contributed by atoms with Crippen LogP contribution in [0, 0.1) is 0 Å². The van der Waals surface area contributed by atoms with Crippen LogP contribution in [-0.2, 0) is 13.0 Å². The zero-order valence-corrected chi connectivity index (χ0v) is 8.41. The molecule has 14 heavy (non-hydrogen) atoms. The Morgan fingerprint density at radius 2 is 2.21 bits per heavy atom. The van der Waals surface area contributed by atoms with Crippen LogP contribution in [0.5, 0.6) is 0 Å². The van der Waals surface area contributed by atoms with Gasteiger partial charge in [0.2, 0.25) is 0 Å². The van der Waals surface area contributed by atoms with Crippen LogP contribution in [0.1, 0.15) is 24.4 Å². The molecule has 0 unspecified atom stereocenters. The summed E-state index contributed by atoms with van der Waals surface area (Å²) >= 11 is 0. The van der Waals surface area contributed by atoms with Crippen molar-refractivity contribution in [2.24, 2.45) is 5.73 Å². The van der Waals surface area contributed by atoms with E-state index in [-0.39, 0.29) is 0 Å². The molecule has 4 heteroatoms. The van der Waals surface area contributed by atoms with Crippen LogP contribution in [0.15, 0.2) is 10.7 Å². The Morgan fingerprint density at radius 1 is 1.43 bits per heavy atom. The van der Waals surface area contributed by atoms with Gasteiger partial charge in [0.05, 0.1) is 5.69 Å². The lowest BCUT2D eigenvalue weighted by Gasteiger charge is -2.12. The quantitative estimate of drug-likeness (QED) is 0.771. The van der Waals surface area contributed by atoms with Gasteiger partial charge in [0.25, 0.3) is 0 Å². The van der Waals surface area contributed by atoms with Crippen molar-refractivity contribution in [3.05, 3.63) is 17.8 Å². The maximum Gasteiger partial charge on any atom is 0.195 e. The Balaban J connectivity index is 1.79. The number of hydrogen-bond donors (Lipinski definition) is 1. The predicted molar refractivity (Wildman–Crippen MR) is 53.8 cm³/mol. The van der Waals surface area contributed by atoms with Crippen molar-refractivity contribution in [3.63, 3.8) is 0 Å². The molecule has 1 aliphatic heterocycles. The molecular formula is C10H17N3O. The maximum absolute atomic E-state index is 5.45. The fourth-order valence-corrected chi connectivity index (χ4v) is 1.82. The first-order chi connectivity index (χ1) is 6.88. The van der Waals surface area contributed by atoms with Gasteiger partial charge < -0.3 is 15.1 Å². The molecule has 1 aliphatic rings. The van der Waals surface area contributed by atoms with E-state index in [9.17, 15) is 0 Å². The Hall–Kier alpha value is -0.870. The van der Waals surface area contributed by atoms with Gasteiger partial charge >= 0.3 is 0 Å². The number of likely N-dealkylation sites (tertiary alicyclic amines) is 1. The molecule has 0 amide bonds. The highest BCUT2D eigenvalue weighted by molar-refractivity contribution is 4.95. The second-order valence-electron chi connectivity index (χ2n) is 3.74. The van der Waals surface area contributed by atoms with E-state index in [2.05, 4.69) is 9.88 Å². The number of nitrogens with two attached hydrogens (primary N) is 1. The summed E-state index contributed by atoms with van der Waals surface area (Å²) in [4.78, 5) is 6.72. The highest BCUT2D eigenvalue weighted by Crippen LogP contribution is 2.09. The number of oxazole rings is 1. The van der Waals surface area contributed by atoms with Crippen molar-refractivity contribution in [3.8, 4) is 0 Å². The third kappa shape index (κ3) is 2.33. The third-order valence-electron chi connectivity index (χ3n) is 2.65. The zero-order valence-electron chi connectivity index (χ0n) is 8.41. The van der Waals surface area contributed by atoms with E-state index in [1.165, 1.54) is 25.9 Å². The summed E-state index contributed by atoms with van der Waals surface area (Å²) in [5.74, 6) is 0.817. The standard InChI is InChI=1S/C10H17N3O/c11-7-9-8-14-10(12-9)3-6-13-4-1-2-5-13/h8H,1-7,11H2. The molecule has 78 valence electrons. The van der Waals surface area contributed by atoms with Crippen LogP contribution in [0.25, 0.3) is 0 Å². The smallest absolute Gasteiger partial charge is 0.195 e. The number of nitrogens with zero attached hydrogens (tertiary/aromatic N) is 2. The van der Waals surface area contributed by atoms with Crippen LogP contribution in [0.4, 0.5) is 0 Å². The highest BCUT2D eigenvalue weighted by atomic mass is 16.3. The summed E-state index contributed by atoms with van der Waals surface area (Å²) in [6.45, 7) is 3.98. The van der Waals surface area contributed by atoms with Crippen molar-refractivity contribution < 1.29 is 4.42 Å². The third-order valence-corrected chi connectivity index (χ3v) is 2.65. The fraction of sp³-hybridized carbons (Fsp3) is 0.700. The summed E-state index contributed by atoms with van der Waals surface area (Å²) < 4.78 is 5.30. The van der Waals surface area contributed by atoms with Crippen LogP contribution < -0.4 is 5.73 Å². The Bertz CT molecular complexity index is 279. The normalized spacial score (nSPS) is 17.8. The van der Waals surface area contributed by atoms with Gasteiger partial charge in [-0.05, 0) is 25.9 Å². The first-order valence-corrected chi connectivity index (χ1v) is 5.24. The molecule has 0 bridgehead atoms. The van der Waals surface area contributed by atoms with E-state index in [1.54, 1.807) is 6.26 Å². The molecule has 2 N–H and O–H groups in total. The number of hydrogen-bond acceptors (Lipinski definition) is 4. The molecule has 2 heterocycles. The van der Waals surface area contributed by atoms with E-state index in [0.29, 0.717) is 6.54 Å². The van der Waals surface area contributed by atoms with Crippen molar-refractivity contribution in [2.45, 2.75) is 25.8 Å². The lowest BCUT2D eigenvalue weighted by molar-refractivity contribution is 0.328. The molecule has 0 atom stereocenters. The summed E-state index contributed by atoms with van der Waals surface area (Å²) in [7, 11) is 0. The van der Waals surface area contributed by atoms with Crippen molar-refractivity contribution in [1.82, 2.24) is 9.88 Å². The monoisotopic (exact) mass is 195 g/mol. The molecule has 0 aromatic carbocycles. The Labute approximate surface area is 84.1 Å². The largest absolute Gasteiger partial charge is 0.449 e. The van der Waals surface area contributed by atoms with Crippen LogP contribution in [0.3, 0.4) is 0 Å². The minimum Gasteiger partial charge on any atom is -0.449 e. The summed E-state index contributed by atoms with van der Waals surface area (Å²) in [6, 6.07) is 0. The lowest BCUT2D eigenvalue weighted by atomic mass is 10.4. The summed E-state index contributed by atoms with van der Waals surface area (Å²) in [5, 5.41) is 0. The van der Waals surface area contributed by atoms with E-state index >= 15 is 0 Å². The Kier molecular flexibility index (Phi) is 3.16. The van der Waals surface area contributed by atoms with Crippen LogP contribution >= 0.6 is 0 Å². The topological polar surface area (TPSA) is 55.3 Å². The van der Waals surface area contributed by atoms with Gasteiger partial charge in [0.15, 0.2) is 5.89 Å². The first kappa shape index (κ1) is 9.68. The molecule has 0 radical (unpaired) electrons. The van der Waals surface area contributed by atoms with Gasteiger partial charge in [-0.15, -0.1) is 0 Å². The highest BCUT2D eigenvalue weighted by Gasteiger charge is 2.12. The second kappa shape index (κ2) is 4.57. The molecule has 0 aliphatic carbocycles. The molecular weight excluding hydrogens is 178 g/mol. The zero-order chi connectivity index (χ0) is 9.80. The molecule has 2 rings (SSSR count). The van der Waals surface area contributed by atoms with Gasteiger partial charge in [-0.2, -0.15) is 0 Å². The maximum atomic E-state index is 5.45. The molecule has 0 saturated carbocycles. The van der Waals surface area contributed by atoms with Gasteiger partial charge in [-0.25, -0.2) is 4.98 Å². The van der Waals surface area contributed by atoms with Crippen molar-refractivity contribution in [2.75, 3.05) is 19.6 Å². The summed E-state index contributed by atoms with van der Waals surface area (Å²) in [5.41, 5.74) is 6.30. The van der Waals surface area contributed by atoms with E-state index in [4.69, 9.17) is 10.2 Å². The molecule has 1 aromatic heterocycles. The Morgan fingerprint density at radius 3 is 2.86 bits per heavy atom. The van der Waals surface area contributed by atoms with Crippen LogP contribution in [0.2, 0.25) is 0 Å². The minimum atomic E-state index is 0.465. The molecule has 1 fully saturated rings. The summed E-state index contributed by atoms with van der Waals surface area (Å²) in [6.07, 6.45) is 5.22. The van der Waals surface area contributed by atoms with Crippen molar-refractivity contribution in [1.29, 1.82) is 0 Å². The molecule has 1 aromatic rings. The second-order valence-corrected chi connectivity index (χ2v) is 3.74. The average molecular weight is 195 g/mol. The molecule has 4 nitrogen and oxygen atoms in total.